The second-order valence-electron chi connectivity index (χ2n) is 7.93. The number of ether oxygens (including phenoxy) is 1. The van der Waals surface area contributed by atoms with Crippen LogP contribution in [0.2, 0.25) is 0 Å². The molecule has 3 aromatic heterocycles. The highest BCUT2D eigenvalue weighted by Gasteiger charge is 2.23. The summed E-state index contributed by atoms with van der Waals surface area (Å²) in [5.74, 6) is 1.07. The molecular weight excluding hydrogens is 450 g/mol. The lowest BCUT2D eigenvalue weighted by atomic mass is 10.1. The number of hydrogen-bond acceptors (Lipinski definition) is 8. The van der Waals surface area contributed by atoms with Gasteiger partial charge in [0.2, 0.25) is 5.95 Å². The molecule has 174 valence electrons. The normalized spacial score (nSPS) is 14.7. The topological polar surface area (TPSA) is 98.1 Å². The third-order valence-electron chi connectivity index (χ3n) is 5.50. The number of aromatic nitrogens is 5. The van der Waals surface area contributed by atoms with Gasteiger partial charge in [0.05, 0.1) is 47.3 Å². The highest BCUT2D eigenvalue weighted by molar-refractivity contribution is 7.84. The molecule has 4 aromatic rings. The molecule has 1 atom stereocenters. The van der Waals surface area contributed by atoms with Gasteiger partial charge in [-0.2, -0.15) is 10.1 Å². The fourth-order valence-corrected chi connectivity index (χ4v) is 4.67. The Kier molecular flexibility index (Phi) is 6.33. The van der Waals surface area contributed by atoms with E-state index in [0.29, 0.717) is 48.7 Å². The maximum absolute atomic E-state index is 13.0. The van der Waals surface area contributed by atoms with Crippen LogP contribution in [0.5, 0.6) is 0 Å². The molecule has 5 rings (SSSR count). The lowest BCUT2D eigenvalue weighted by Gasteiger charge is -2.28. The monoisotopic (exact) mass is 475 g/mol. The van der Waals surface area contributed by atoms with Crippen LogP contribution >= 0.6 is 0 Å². The minimum atomic E-state index is -1.36. The predicted molar refractivity (Wildman–Crippen MR) is 133 cm³/mol. The van der Waals surface area contributed by atoms with E-state index in [0.717, 1.165) is 22.5 Å². The summed E-state index contributed by atoms with van der Waals surface area (Å²) in [6.45, 7) is 2.60. The van der Waals surface area contributed by atoms with Gasteiger partial charge in [0.1, 0.15) is 4.90 Å². The zero-order valence-electron chi connectivity index (χ0n) is 19.0. The number of hydrogen-bond donors (Lipinski definition) is 1. The number of morpholine rings is 1. The molecule has 1 saturated heterocycles. The number of pyridine rings is 1. The first kappa shape index (κ1) is 22.2. The summed E-state index contributed by atoms with van der Waals surface area (Å²) in [4.78, 5) is 16.5. The molecule has 34 heavy (non-hydrogen) atoms. The first-order chi connectivity index (χ1) is 16.6. The van der Waals surface area contributed by atoms with E-state index in [9.17, 15) is 4.21 Å². The summed E-state index contributed by atoms with van der Waals surface area (Å²) in [5, 5.41) is 7.83. The van der Waals surface area contributed by atoms with Gasteiger partial charge < -0.3 is 15.0 Å². The molecule has 1 aromatic carbocycles. The Morgan fingerprint density at radius 2 is 1.88 bits per heavy atom. The van der Waals surface area contributed by atoms with Crippen molar-refractivity contribution in [2.75, 3.05) is 42.8 Å². The Morgan fingerprint density at radius 1 is 1.06 bits per heavy atom. The molecule has 1 N–H and O–H groups in total. The van der Waals surface area contributed by atoms with Crippen molar-refractivity contribution < 1.29 is 8.95 Å². The van der Waals surface area contributed by atoms with Gasteiger partial charge in [-0.1, -0.05) is 18.2 Å². The van der Waals surface area contributed by atoms with E-state index in [1.165, 1.54) is 0 Å². The first-order valence-electron chi connectivity index (χ1n) is 10.9. The number of aryl methyl sites for hydroxylation is 1. The van der Waals surface area contributed by atoms with E-state index in [4.69, 9.17) is 14.7 Å². The zero-order valence-corrected chi connectivity index (χ0v) is 19.8. The van der Waals surface area contributed by atoms with Gasteiger partial charge >= 0.3 is 0 Å². The summed E-state index contributed by atoms with van der Waals surface area (Å²) in [5.41, 5.74) is 4.05. The van der Waals surface area contributed by atoms with Crippen LogP contribution in [0.3, 0.4) is 0 Å². The number of benzene rings is 1. The van der Waals surface area contributed by atoms with Crippen LogP contribution in [-0.2, 0) is 22.6 Å². The molecule has 0 spiro atoms. The standard InChI is InChI=1S/C24H25N7O2S/c1-30-10-8-20(29-30)17-5-3-6-18(15-17)21-22(34(2)32)23(26-19-7-4-9-25-16-19)28-24(27-21)31-11-13-33-14-12-31/h3-10,15-16H,11-14H2,1-2H3,(H,26,27,28). The fourth-order valence-electron chi connectivity index (χ4n) is 3.86. The van der Waals surface area contributed by atoms with E-state index < -0.39 is 10.8 Å². The quantitative estimate of drug-likeness (QED) is 0.454. The fraction of sp³-hybridized carbons (Fsp3) is 0.250. The molecule has 0 aliphatic carbocycles. The molecule has 1 aliphatic rings. The van der Waals surface area contributed by atoms with Crippen LogP contribution in [0, 0.1) is 0 Å². The minimum Gasteiger partial charge on any atom is -0.378 e. The highest BCUT2D eigenvalue weighted by Crippen LogP contribution is 2.34. The van der Waals surface area contributed by atoms with Gasteiger partial charge in [-0.25, -0.2) is 4.98 Å². The van der Waals surface area contributed by atoms with Crippen LogP contribution in [0.4, 0.5) is 17.5 Å². The summed E-state index contributed by atoms with van der Waals surface area (Å²) >= 11 is 0. The van der Waals surface area contributed by atoms with Crippen molar-refractivity contribution in [1.82, 2.24) is 24.7 Å². The van der Waals surface area contributed by atoms with Crippen LogP contribution < -0.4 is 10.2 Å². The van der Waals surface area contributed by atoms with Gasteiger partial charge in [0, 0.05) is 49.9 Å². The van der Waals surface area contributed by atoms with Crippen molar-refractivity contribution in [3.63, 3.8) is 0 Å². The maximum Gasteiger partial charge on any atom is 0.228 e. The number of anilines is 3. The second-order valence-corrected chi connectivity index (χ2v) is 9.24. The second kappa shape index (κ2) is 9.70. The van der Waals surface area contributed by atoms with E-state index in [1.54, 1.807) is 23.3 Å². The van der Waals surface area contributed by atoms with Crippen molar-refractivity contribution in [2.45, 2.75) is 4.90 Å². The predicted octanol–water partition coefficient (Wildman–Crippen LogP) is 3.26. The van der Waals surface area contributed by atoms with E-state index in [1.807, 2.05) is 55.7 Å². The molecule has 1 fully saturated rings. The summed E-state index contributed by atoms with van der Waals surface area (Å²) in [7, 11) is 0.533. The van der Waals surface area contributed by atoms with E-state index in [-0.39, 0.29) is 0 Å². The molecule has 0 radical (unpaired) electrons. The molecule has 0 bridgehead atoms. The Labute approximate surface area is 200 Å². The third kappa shape index (κ3) is 4.68. The minimum absolute atomic E-state index is 0.503. The van der Waals surface area contributed by atoms with Gasteiger partial charge in [0.15, 0.2) is 5.82 Å². The molecule has 10 heteroatoms. The Balaban J connectivity index is 1.67. The SMILES string of the molecule is Cn1ccc(-c2cccc(-c3nc(N4CCOCC4)nc(Nc4cccnc4)c3S(C)=O)c2)n1. The molecular formula is C24H25N7O2S. The Morgan fingerprint density at radius 3 is 2.59 bits per heavy atom. The zero-order chi connectivity index (χ0) is 23.5. The molecule has 1 aliphatic heterocycles. The molecule has 0 amide bonds. The van der Waals surface area contributed by atoms with Crippen LogP contribution in [0.15, 0.2) is 66.0 Å². The highest BCUT2D eigenvalue weighted by atomic mass is 32.2. The summed E-state index contributed by atoms with van der Waals surface area (Å²) in [6.07, 6.45) is 6.97. The first-order valence-corrected chi connectivity index (χ1v) is 12.5. The summed E-state index contributed by atoms with van der Waals surface area (Å²) in [6, 6.07) is 13.7. The molecule has 1 unspecified atom stereocenters. The molecule has 4 heterocycles. The van der Waals surface area contributed by atoms with Crippen molar-refractivity contribution in [3.8, 4) is 22.5 Å². The average Bonchev–Trinajstić information content (AvgIpc) is 3.31. The lowest BCUT2D eigenvalue weighted by molar-refractivity contribution is 0.122. The van der Waals surface area contributed by atoms with Crippen molar-refractivity contribution in [2.24, 2.45) is 7.05 Å². The smallest absolute Gasteiger partial charge is 0.228 e. The number of nitrogens with one attached hydrogen (secondary N) is 1. The van der Waals surface area contributed by atoms with Gasteiger partial charge in [-0.15, -0.1) is 0 Å². The van der Waals surface area contributed by atoms with Crippen LogP contribution in [0.1, 0.15) is 0 Å². The van der Waals surface area contributed by atoms with Crippen LogP contribution in [-0.4, -0.2) is 61.5 Å². The van der Waals surface area contributed by atoms with Gasteiger partial charge in [0.25, 0.3) is 0 Å². The maximum atomic E-state index is 13.0. The van der Waals surface area contributed by atoms with Gasteiger partial charge in [-0.3, -0.25) is 13.9 Å². The van der Waals surface area contributed by atoms with Crippen molar-refractivity contribution >= 4 is 28.3 Å². The number of nitrogens with zero attached hydrogens (tertiary/aromatic N) is 6. The molecule has 9 nitrogen and oxygen atoms in total. The third-order valence-corrected chi connectivity index (χ3v) is 6.47. The van der Waals surface area contributed by atoms with E-state index in [2.05, 4.69) is 20.3 Å². The van der Waals surface area contributed by atoms with Crippen molar-refractivity contribution in [1.29, 1.82) is 0 Å². The van der Waals surface area contributed by atoms with Crippen LogP contribution in [0.25, 0.3) is 22.5 Å². The average molecular weight is 476 g/mol. The molecule has 0 saturated carbocycles. The Hall–Kier alpha value is -3.63. The van der Waals surface area contributed by atoms with Crippen molar-refractivity contribution in [3.05, 3.63) is 61.1 Å². The van der Waals surface area contributed by atoms with E-state index >= 15 is 0 Å². The largest absolute Gasteiger partial charge is 0.378 e. The lowest BCUT2D eigenvalue weighted by Crippen LogP contribution is -2.37. The Bertz CT molecular complexity index is 1320. The van der Waals surface area contributed by atoms with Gasteiger partial charge in [-0.05, 0) is 24.3 Å². The number of rotatable bonds is 6. The summed E-state index contributed by atoms with van der Waals surface area (Å²) < 4.78 is 20.3.